The molecule has 0 spiro atoms. The zero-order chi connectivity index (χ0) is 21.5. The Morgan fingerprint density at radius 3 is 2.73 bits per heavy atom. The van der Waals surface area contributed by atoms with Crippen LogP contribution in [0.5, 0.6) is 5.75 Å². The van der Waals surface area contributed by atoms with E-state index in [9.17, 15) is 9.90 Å². The fraction of sp³-hybridized carbons (Fsp3) is 0.292. The fourth-order valence-corrected chi connectivity index (χ4v) is 3.27. The van der Waals surface area contributed by atoms with E-state index >= 15 is 0 Å². The molecule has 156 valence electrons. The molecule has 6 nitrogen and oxygen atoms in total. The van der Waals surface area contributed by atoms with Crippen molar-refractivity contribution < 1.29 is 19.7 Å². The van der Waals surface area contributed by atoms with Crippen molar-refractivity contribution in [1.29, 1.82) is 0 Å². The van der Waals surface area contributed by atoms with Gasteiger partial charge in [-0.05, 0) is 50.1 Å². The van der Waals surface area contributed by atoms with E-state index in [1.54, 1.807) is 18.2 Å². The first-order valence-corrected chi connectivity index (χ1v) is 9.89. The summed E-state index contributed by atoms with van der Waals surface area (Å²) in [4.78, 5) is 16.2. The second kappa shape index (κ2) is 9.97. The highest BCUT2D eigenvalue weighted by atomic mass is 16.5. The summed E-state index contributed by atoms with van der Waals surface area (Å²) in [6, 6.07) is 12.5. The summed E-state index contributed by atoms with van der Waals surface area (Å²) in [5.74, 6) is 5.48. The van der Waals surface area contributed by atoms with Crippen molar-refractivity contribution in [3.63, 3.8) is 0 Å². The lowest BCUT2D eigenvalue weighted by Gasteiger charge is -2.19. The topological polar surface area (TPSA) is 94.6 Å². The maximum atomic E-state index is 13.0. The third kappa shape index (κ3) is 5.20. The number of aromatic nitrogens is 1. The van der Waals surface area contributed by atoms with Crippen molar-refractivity contribution in [3.05, 3.63) is 65.4 Å². The molecule has 0 bridgehead atoms. The van der Waals surface area contributed by atoms with Crippen molar-refractivity contribution in [3.8, 4) is 17.6 Å². The maximum absolute atomic E-state index is 13.0. The van der Waals surface area contributed by atoms with E-state index in [0.717, 1.165) is 16.5 Å². The molecule has 4 N–H and O–H groups in total. The normalized spacial score (nSPS) is 11.8. The molecule has 3 aromatic rings. The monoisotopic (exact) mass is 406 g/mol. The average molecular weight is 406 g/mol. The second-order valence-electron chi connectivity index (χ2n) is 7.25. The Hall–Kier alpha value is -3.27. The Labute approximate surface area is 175 Å². The van der Waals surface area contributed by atoms with Crippen LogP contribution >= 0.6 is 0 Å². The van der Waals surface area contributed by atoms with Gasteiger partial charge in [0.25, 0.3) is 5.91 Å². The maximum Gasteiger partial charge on any atom is 0.255 e. The Bertz CT molecular complexity index is 1080. The summed E-state index contributed by atoms with van der Waals surface area (Å²) in [6.07, 6.45) is 2.28. The third-order valence-electron chi connectivity index (χ3n) is 4.60. The largest absolute Gasteiger partial charge is 0.490 e. The van der Waals surface area contributed by atoms with Crippen LogP contribution in [-0.4, -0.2) is 46.5 Å². The Kier molecular flexibility index (Phi) is 7.12. The molecular formula is C24H26N2O4. The molecule has 1 heterocycles. The molecule has 0 saturated heterocycles. The number of ether oxygens (including phenoxy) is 1. The summed E-state index contributed by atoms with van der Waals surface area (Å²) < 4.78 is 5.78. The van der Waals surface area contributed by atoms with Crippen molar-refractivity contribution in [1.82, 2.24) is 10.3 Å². The van der Waals surface area contributed by atoms with E-state index < -0.39 is 6.04 Å². The van der Waals surface area contributed by atoms with Gasteiger partial charge in [0.05, 0.1) is 24.3 Å². The molecule has 0 fully saturated rings. The number of H-pyrrole nitrogens is 1. The number of nitrogens with one attached hydrogen (secondary N) is 2. The summed E-state index contributed by atoms with van der Waals surface area (Å²) >= 11 is 0. The number of carbonyl (C=O) groups is 1. The minimum absolute atomic E-state index is 0.106. The molecule has 0 unspecified atom stereocenters. The van der Waals surface area contributed by atoms with Crippen LogP contribution in [0.3, 0.4) is 0 Å². The van der Waals surface area contributed by atoms with Gasteiger partial charge in [0.15, 0.2) is 0 Å². The van der Waals surface area contributed by atoms with Crippen LogP contribution in [0.1, 0.15) is 35.3 Å². The summed E-state index contributed by atoms with van der Waals surface area (Å²) in [5.41, 5.74) is 2.97. The molecule has 1 amide bonds. The van der Waals surface area contributed by atoms with Gasteiger partial charge in [0.1, 0.15) is 12.4 Å². The van der Waals surface area contributed by atoms with Gasteiger partial charge < -0.3 is 25.3 Å². The van der Waals surface area contributed by atoms with E-state index in [4.69, 9.17) is 9.84 Å². The first kappa shape index (κ1) is 21.4. The Morgan fingerprint density at radius 2 is 2.00 bits per heavy atom. The smallest absolute Gasteiger partial charge is 0.255 e. The van der Waals surface area contributed by atoms with Gasteiger partial charge in [-0.25, -0.2) is 0 Å². The third-order valence-corrected chi connectivity index (χ3v) is 4.60. The molecule has 0 saturated carbocycles. The summed E-state index contributed by atoms with van der Waals surface area (Å²) in [6.45, 7) is 3.31. The van der Waals surface area contributed by atoms with Gasteiger partial charge in [-0.2, -0.15) is 0 Å². The molecule has 0 aliphatic heterocycles. The van der Waals surface area contributed by atoms with Crippen LogP contribution in [0.25, 0.3) is 10.9 Å². The number of aromatic amines is 1. The number of hydrogen-bond donors (Lipinski definition) is 4. The molecule has 0 radical (unpaired) electrons. The van der Waals surface area contributed by atoms with E-state index in [0.29, 0.717) is 23.3 Å². The molecule has 0 aliphatic carbocycles. The van der Waals surface area contributed by atoms with Gasteiger partial charge in [0.2, 0.25) is 0 Å². The van der Waals surface area contributed by atoms with Gasteiger partial charge in [-0.3, -0.25) is 4.79 Å². The van der Waals surface area contributed by atoms with Gasteiger partial charge >= 0.3 is 0 Å². The first-order chi connectivity index (χ1) is 14.5. The van der Waals surface area contributed by atoms with Crippen molar-refractivity contribution in [2.24, 2.45) is 0 Å². The van der Waals surface area contributed by atoms with Crippen LogP contribution < -0.4 is 10.1 Å². The molecule has 6 heteroatoms. The molecule has 3 rings (SSSR count). The van der Waals surface area contributed by atoms with E-state index in [1.807, 2.05) is 44.3 Å². The average Bonchev–Trinajstić information content (AvgIpc) is 3.15. The van der Waals surface area contributed by atoms with Crippen LogP contribution in [0.15, 0.2) is 48.7 Å². The molecule has 30 heavy (non-hydrogen) atoms. The highest BCUT2D eigenvalue weighted by Gasteiger charge is 2.19. The zero-order valence-corrected chi connectivity index (χ0v) is 17.1. The number of rotatable bonds is 7. The number of fused-ring (bicyclic) bond motifs is 1. The lowest BCUT2D eigenvalue weighted by atomic mass is 10.0. The van der Waals surface area contributed by atoms with Gasteiger partial charge in [0, 0.05) is 22.7 Å². The summed E-state index contributed by atoms with van der Waals surface area (Å²) in [5, 5.41) is 22.8. The minimum atomic E-state index is -0.462. The van der Waals surface area contributed by atoms with Crippen LogP contribution in [0, 0.1) is 11.8 Å². The zero-order valence-electron chi connectivity index (χ0n) is 17.1. The minimum Gasteiger partial charge on any atom is -0.490 e. The lowest BCUT2D eigenvalue weighted by molar-refractivity contribution is 0.0910. The predicted octanol–water partition coefficient (Wildman–Crippen LogP) is 2.63. The number of aliphatic hydroxyl groups is 2. The highest BCUT2D eigenvalue weighted by molar-refractivity contribution is 5.97. The highest BCUT2D eigenvalue weighted by Crippen LogP contribution is 2.23. The van der Waals surface area contributed by atoms with Gasteiger partial charge in [-0.15, -0.1) is 0 Å². The lowest BCUT2D eigenvalue weighted by Crippen LogP contribution is -2.39. The molecule has 1 atom stereocenters. The second-order valence-corrected chi connectivity index (χ2v) is 7.25. The standard InChI is InChI=1S/C24H26N2O4/c1-16(2)30-23-10-9-17(6-5-11-27)12-21(23)24(29)26-19(15-28)13-18-14-25-22-8-4-3-7-20(18)22/h3-4,7-10,12,14,16,19,25,27-28H,11,13,15H2,1-2H3,(H,26,29)/t19-/m1/s1. The number of carbonyl (C=O) groups excluding carboxylic acids is 1. The van der Waals surface area contributed by atoms with Crippen LogP contribution in [0.4, 0.5) is 0 Å². The Morgan fingerprint density at radius 1 is 1.20 bits per heavy atom. The molecule has 2 aromatic carbocycles. The van der Waals surface area contributed by atoms with E-state index in [1.165, 1.54) is 0 Å². The predicted molar refractivity (Wildman–Crippen MR) is 117 cm³/mol. The van der Waals surface area contributed by atoms with Crippen LogP contribution in [-0.2, 0) is 6.42 Å². The number of hydrogen-bond acceptors (Lipinski definition) is 4. The van der Waals surface area contributed by atoms with Crippen molar-refractivity contribution in [2.75, 3.05) is 13.2 Å². The Balaban J connectivity index is 1.83. The van der Waals surface area contributed by atoms with E-state index in [-0.39, 0.29) is 25.2 Å². The molecular weight excluding hydrogens is 380 g/mol. The van der Waals surface area contributed by atoms with Crippen molar-refractivity contribution >= 4 is 16.8 Å². The molecule has 0 aliphatic rings. The fourth-order valence-electron chi connectivity index (χ4n) is 3.27. The molecule has 1 aromatic heterocycles. The number of benzene rings is 2. The quantitative estimate of drug-likeness (QED) is 0.454. The SMILES string of the molecule is CC(C)Oc1ccc(C#CCO)cc1C(=O)N[C@@H](CO)Cc1c[nH]c2ccccc12. The number of para-hydroxylation sites is 1. The summed E-state index contributed by atoms with van der Waals surface area (Å²) in [7, 11) is 0. The number of aliphatic hydroxyl groups excluding tert-OH is 2. The van der Waals surface area contributed by atoms with Crippen molar-refractivity contribution in [2.45, 2.75) is 32.4 Å². The first-order valence-electron chi connectivity index (χ1n) is 9.89. The van der Waals surface area contributed by atoms with E-state index in [2.05, 4.69) is 22.1 Å². The van der Waals surface area contributed by atoms with Crippen LogP contribution in [0.2, 0.25) is 0 Å². The van der Waals surface area contributed by atoms with Gasteiger partial charge in [-0.1, -0.05) is 30.0 Å². The number of amides is 1.